The maximum Gasteiger partial charge on any atom is 0.222 e. The molecule has 98 valence electrons. The number of hydrogen-bond acceptors (Lipinski definition) is 2. The van der Waals surface area contributed by atoms with Gasteiger partial charge in [0.15, 0.2) is 0 Å². The van der Waals surface area contributed by atoms with Crippen molar-refractivity contribution in [2.24, 2.45) is 0 Å². The lowest BCUT2D eigenvalue weighted by Crippen LogP contribution is -2.26. The largest absolute Gasteiger partial charge is 0.382 e. The number of benzene rings is 1. The predicted molar refractivity (Wildman–Crippen MR) is 77.9 cm³/mol. The third-order valence-corrected chi connectivity index (χ3v) is 4.54. The summed E-state index contributed by atoms with van der Waals surface area (Å²) in [5.74, 6) is 0.149. The molecule has 4 heteroatoms. The van der Waals surface area contributed by atoms with Crippen molar-refractivity contribution in [2.75, 3.05) is 11.9 Å². The number of rotatable bonds is 2. The molecular formula is C14H19BrN2O. The minimum atomic E-state index is 0.149. The lowest BCUT2D eigenvalue weighted by molar-refractivity contribution is -0.120. The Kier molecular flexibility index (Phi) is 4.27. The Morgan fingerprint density at radius 3 is 2.67 bits per heavy atom. The standard InChI is InChI=1S/C14H19BrN2O/c1-9-6-12(7-10(2)14(9)15)17-11-4-3-5-16-13(18)8-11/h6-7,11,17H,3-5,8H2,1-2H3,(H,16,18). The SMILES string of the molecule is Cc1cc(NC2CCCNC(=O)C2)cc(C)c1Br. The van der Waals surface area contributed by atoms with E-state index in [0.29, 0.717) is 6.42 Å². The Morgan fingerprint density at radius 2 is 2.00 bits per heavy atom. The van der Waals surface area contributed by atoms with Crippen molar-refractivity contribution in [3.8, 4) is 0 Å². The van der Waals surface area contributed by atoms with E-state index in [1.807, 2.05) is 0 Å². The molecule has 0 aromatic heterocycles. The number of aryl methyl sites for hydroxylation is 2. The molecule has 0 aliphatic carbocycles. The number of halogens is 1. The van der Waals surface area contributed by atoms with Crippen LogP contribution in [0.15, 0.2) is 16.6 Å². The van der Waals surface area contributed by atoms with Crippen molar-refractivity contribution >= 4 is 27.5 Å². The quantitative estimate of drug-likeness (QED) is 0.881. The molecule has 1 atom stereocenters. The van der Waals surface area contributed by atoms with Gasteiger partial charge in [-0.25, -0.2) is 0 Å². The summed E-state index contributed by atoms with van der Waals surface area (Å²) in [5, 5.41) is 6.38. The Hall–Kier alpha value is -1.03. The average Bonchev–Trinajstić information content (AvgIpc) is 2.50. The van der Waals surface area contributed by atoms with E-state index in [-0.39, 0.29) is 11.9 Å². The fraction of sp³-hybridized carbons (Fsp3) is 0.500. The highest BCUT2D eigenvalue weighted by atomic mass is 79.9. The molecule has 1 unspecified atom stereocenters. The summed E-state index contributed by atoms with van der Waals surface area (Å²) >= 11 is 3.57. The van der Waals surface area contributed by atoms with Gasteiger partial charge in [0.25, 0.3) is 0 Å². The zero-order valence-electron chi connectivity index (χ0n) is 10.8. The molecule has 1 heterocycles. The Balaban J connectivity index is 2.11. The maximum atomic E-state index is 11.5. The fourth-order valence-electron chi connectivity index (χ4n) is 2.36. The number of hydrogen-bond donors (Lipinski definition) is 2. The molecule has 2 rings (SSSR count). The van der Waals surface area contributed by atoms with Crippen LogP contribution in [0.2, 0.25) is 0 Å². The van der Waals surface area contributed by atoms with E-state index in [2.05, 4.69) is 52.5 Å². The van der Waals surface area contributed by atoms with Crippen LogP contribution in [0.5, 0.6) is 0 Å². The number of anilines is 1. The van der Waals surface area contributed by atoms with E-state index in [1.165, 1.54) is 11.1 Å². The number of carbonyl (C=O) groups excluding carboxylic acids is 1. The normalized spacial score (nSPS) is 20.2. The third kappa shape index (κ3) is 3.25. The summed E-state index contributed by atoms with van der Waals surface area (Å²) in [7, 11) is 0. The van der Waals surface area contributed by atoms with E-state index >= 15 is 0 Å². The van der Waals surface area contributed by atoms with Crippen LogP contribution in [0.25, 0.3) is 0 Å². The van der Waals surface area contributed by atoms with E-state index in [1.54, 1.807) is 0 Å². The second-order valence-electron chi connectivity index (χ2n) is 4.96. The minimum Gasteiger partial charge on any atom is -0.382 e. The summed E-state index contributed by atoms with van der Waals surface area (Å²) in [6.45, 7) is 4.97. The van der Waals surface area contributed by atoms with Crippen molar-refractivity contribution < 1.29 is 4.79 Å². The van der Waals surface area contributed by atoms with Crippen LogP contribution in [0.3, 0.4) is 0 Å². The van der Waals surface area contributed by atoms with Gasteiger partial charge in [0, 0.05) is 29.2 Å². The van der Waals surface area contributed by atoms with Crippen LogP contribution in [0.4, 0.5) is 5.69 Å². The molecule has 0 bridgehead atoms. The molecule has 1 amide bonds. The number of nitrogens with one attached hydrogen (secondary N) is 2. The molecule has 3 nitrogen and oxygen atoms in total. The van der Waals surface area contributed by atoms with Gasteiger partial charge in [-0.1, -0.05) is 15.9 Å². The Bertz CT molecular complexity index is 436. The molecule has 0 radical (unpaired) electrons. The van der Waals surface area contributed by atoms with Gasteiger partial charge in [-0.2, -0.15) is 0 Å². The summed E-state index contributed by atoms with van der Waals surface area (Å²) in [5.41, 5.74) is 3.54. The first-order chi connectivity index (χ1) is 8.56. The number of amides is 1. The van der Waals surface area contributed by atoms with Crippen molar-refractivity contribution in [1.29, 1.82) is 0 Å². The highest BCUT2D eigenvalue weighted by Crippen LogP contribution is 2.26. The lowest BCUT2D eigenvalue weighted by Gasteiger charge is -2.18. The first kappa shape index (κ1) is 13.4. The van der Waals surface area contributed by atoms with Gasteiger partial charge in [-0.15, -0.1) is 0 Å². The van der Waals surface area contributed by atoms with Gasteiger partial charge in [0.2, 0.25) is 5.91 Å². The zero-order chi connectivity index (χ0) is 13.1. The second kappa shape index (κ2) is 5.74. The summed E-state index contributed by atoms with van der Waals surface area (Å²) in [4.78, 5) is 11.5. The van der Waals surface area contributed by atoms with Crippen molar-refractivity contribution in [1.82, 2.24) is 5.32 Å². The van der Waals surface area contributed by atoms with Crippen LogP contribution in [-0.2, 0) is 4.79 Å². The first-order valence-electron chi connectivity index (χ1n) is 6.36. The van der Waals surface area contributed by atoms with E-state index < -0.39 is 0 Å². The van der Waals surface area contributed by atoms with Gasteiger partial charge in [0.1, 0.15) is 0 Å². The lowest BCUT2D eigenvalue weighted by atomic mass is 10.1. The van der Waals surface area contributed by atoms with Crippen LogP contribution in [0, 0.1) is 13.8 Å². The molecular weight excluding hydrogens is 292 g/mol. The summed E-state index contributed by atoms with van der Waals surface area (Å²) in [6, 6.07) is 4.49. The second-order valence-corrected chi connectivity index (χ2v) is 5.75. The zero-order valence-corrected chi connectivity index (χ0v) is 12.4. The fourth-order valence-corrected chi connectivity index (χ4v) is 2.59. The van der Waals surface area contributed by atoms with Crippen LogP contribution in [0.1, 0.15) is 30.4 Å². The highest BCUT2D eigenvalue weighted by molar-refractivity contribution is 9.10. The molecule has 1 aliphatic rings. The van der Waals surface area contributed by atoms with Gasteiger partial charge in [-0.05, 0) is 49.9 Å². The van der Waals surface area contributed by atoms with E-state index in [4.69, 9.17) is 0 Å². The average molecular weight is 311 g/mol. The molecule has 1 aromatic rings. The smallest absolute Gasteiger partial charge is 0.222 e. The van der Waals surface area contributed by atoms with Gasteiger partial charge >= 0.3 is 0 Å². The van der Waals surface area contributed by atoms with Crippen molar-refractivity contribution in [2.45, 2.75) is 39.2 Å². The molecule has 1 aromatic carbocycles. The Morgan fingerprint density at radius 1 is 1.33 bits per heavy atom. The van der Waals surface area contributed by atoms with Crippen molar-refractivity contribution in [3.05, 3.63) is 27.7 Å². The van der Waals surface area contributed by atoms with Crippen LogP contribution in [-0.4, -0.2) is 18.5 Å². The minimum absolute atomic E-state index is 0.149. The van der Waals surface area contributed by atoms with E-state index in [0.717, 1.165) is 29.5 Å². The molecule has 2 N–H and O–H groups in total. The van der Waals surface area contributed by atoms with Crippen LogP contribution >= 0.6 is 15.9 Å². The molecule has 1 fully saturated rings. The molecule has 0 spiro atoms. The monoisotopic (exact) mass is 310 g/mol. The van der Waals surface area contributed by atoms with Crippen molar-refractivity contribution in [3.63, 3.8) is 0 Å². The molecule has 1 saturated heterocycles. The third-order valence-electron chi connectivity index (χ3n) is 3.29. The van der Waals surface area contributed by atoms with E-state index in [9.17, 15) is 4.79 Å². The summed E-state index contributed by atoms with van der Waals surface area (Å²) < 4.78 is 1.16. The molecule has 18 heavy (non-hydrogen) atoms. The topological polar surface area (TPSA) is 41.1 Å². The predicted octanol–water partition coefficient (Wildman–Crippen LogP) is 3.15. The maximum absolute atomic E-state index is 11.5. The van der Waals surface area contributed by atoms with Crippen LogP contribution < -0.4 is 10.6 Å². The van der Waals surface area contributed by atoms with Gasteiger partial charge in [-0.3, -0.25) is 4.79 Å². The highest BCUT2D eigenvalue weighted by Gasteiger charge is 2.17. The molecule has 0 saturated carbocycles. The van der Waals surface area contributed by atoms with Gasteiger partial charge in [0.05, 0.1) is 0 Å². The Labute approximate surface area is 116 Å². The number of carbonyl (C=O) groups is 1. The van der Waals surface area contributed by atoms with Gasteiger partial charge < -0.3 is 10.6 Å². The molecule has 1 aliphatic heterocycles. The summed E-state index contributed by atoms with van der Waals surface area (Å²) in [6.07, 6.45) is 2.64. The first-order valence-corrected chi connectivity index (χ1v) is 7.15.